The molecule has 60 heavy (non-hydrogen) atoms. The van der Waals surface area contributed by atoms with Gasteiger partial charge in [0.25, 0.3) is 0 Å². The molecule has 0 rings (SSSR count). The Balaban J connectivity index is 3.42. The third-order valence-electron chi connectivity index (χ3n) is 12.4. The number of carbonyl (C=O) groups excluding carboxylic acids is 1. The fourth-order valence-corrected chi connectivity index (χ4v) is 8.38. The van der Waals surface area contributed by atoms with Crippen LogP contribution in [0.2, 0.25) is 0 Å². The van der Waals surface area contributed by atoms with Crippen LogP contribution in [0.25, 0.3) is 0 Å². The van der Waals surface area contributed by atoms with Gasteiger partial charge in [0, 0.05) is 0 Å². The van der Waals surface area contributed by atoms with E-state index in [1.54, 1.807) is 6.08 Å². The maximum absolute atomic E-state index is 12.4. The van der Waals surface area contributed by atoms with Crippen molar-refractivity contribution in [2.24, 2.45) is 0 Å². The molecule has 1 amide bonds. The fraction of sp³-hybridized carbons (Fsp3) is 0.873. The Hall–Kier alpha value is -1.43. The minimum Gasteiger partial charge on any atom is -0.394 e. The Bertz CT molecular complexity index is 931. The summed E-state index contributed by atoms with van der Waals surface area (Å²) in [6, 6.07) is -0.764. The molecule has 0 aromatic carbocycles. The van der Waals surface area contributed by atoms with Gasteiger partial charge in [-0.3, -0.25) is 4.79 Å². The maximum atomic E-state index is 12.4. The second kappa shape index (κ2) is 50.2. The summed E-state index contributed by atoms with van der Waals surface area (Å²) < 4.78 is 0. The number of rotatable bonds is 49. The first-order chi connectivity index (χ1) is 29.5. The van der Waals surface area contributed by atoms with Crippen LogP contribution in [-0.4, -0.2) is 46.1 Å². The van der Waals surface area contributed by atoms with E-state index in [2.05, 4.69) is 43.5 Å². The summed E-state index contributed by atoms with van der Waals surface area (Å²) in [5.41, 5.74) is 0. The van der Waals surface area contributed by atoms with Crippen LogP contribution in [0, 0.1) is 0 Å². The number of carbonyl (C=O) groups is 1. The van der Waals surface area contributed by atoms with E-state index in [4.69, 9.17) is 0 Å². The SMILES string of the molecule is CC/C=C/CC/C=C/CC/C=C/C(O)C(CO)NC(=O)CC(O)CCCCCCCCCCCCCCCCCCCCCCCCCCCCCCCCCCCCC. The molecule has 5 nitrogen and oxygen atoms in total. The fourth-order valence-electron chi connectivity index (χ4n) is 8.38. The van der Waals surface area contributed by atoms with Crippen LogP contribution in [-0.2, 0) is 4.79 Å². The molecule has 0 fully saturated rings. The van der Waals surface area contributed by atoms with Gasteiger partial charge in [-0.25, -0.2) is 0 Å². The van der Waals surface area contributed by atoms with Crippen LogP contribution in [0.5, 0.6) is 0 Å². The van der Waals surface area contributed by atoms with E-state index < -0.39 is 18.2 Å². The second-order valence-corrected chi connectivity index (χ2v) is 18.4. The highest BCUT2D eigenvalue weighted by Crippen LogP contribution is 2.18. The Morgan fingerprint density at radius 2 is 0.733 bits per heavy atom. The molecule has 4 N–H and O–H groups in total. The molecule has 0 bridgehead atoms. The van der Waals surface area contributed by atoms with E-state index in [1.807, 2.05) is 6.08 Å². The number of unbranched alkanes of at least 4 members (excludes halogenated alkanes) is 36. The molecular weight excluding hydrogens is 739 g/mol. The highest BCUT2D eigenvalue weighted by atomic mass is 16.3. The molecule has 0 aromatic heterocycles. The van der Waals surface area contributed by atoms with Gasteiger partial charge in [-0.1, -0.05) is 275 Å². The number of amides is 1. The van der Waals surface area contributed by atoms with Crippen molar-refractivity contribution >= 4 is 5.91 Å². The summed E-state index contributed by atoms with van der Waals surface area (Å²) in [5, 5.41) is 33.1. The van der Waals surface area contributed by atoms with Crippen LogP contribution in [0.4, 0.5) is 0 Å². The van der Waals surface area contributed by atoms with E-state index >= 15 is 0 Å². The van der Waals surface area contributed by atoms with Crippen molar-refractivity contribution in [1.29, 1.82) is 0 Å². The van der Waals surface area contributed by atoms with Crippen LogP contribution in [0.3, 0.4) is 0 Å². The molecule has 3 unspecified atom stereocenters. The summed E-state index contributed by atoms with van der Waals surface area (Å²) in [6.45, 7) is 4.09. The molecule has 354 valence electrons. The lowest BCUT2D eigenvalue weighted by molar-refractivity contribution is -0.124. The number of allylic oxidation sites excluding steroid dienone is 5. The van der Waals surface area contributed by atoms with Gasteiger partial charge >= 0.3 is 0 Å². The van der Waals surface area contributed by atoms with Gasteiger partial charge in [0.15, 0.2) is 0 Å². The minimum atomic E-state index is -0.956. The third kappa shape index (κ3) is 46.1. The maximum Gasteiger partial charge on any atom is 0.222 e. The predicted molar refractivity (Wildman–Crippen MR) is 264 cm³/mol. The van der Waals surface area contributed by atoms with Crippen molar-refractivity contribution in [3.8, 4) is 0 Å². The van der Waals surface area contributed by atoms with Crippen molar-refractivity contribution in [2.45, 2.75) is 302 Å². The van der Waals surface area contributed by atoms with E-state index in [0.717, 1.165) is 44.9 Å². The average molecular weight is 844 g/mol. The molecule has 5 heteroatoms. The van der Waals surface area contributed by atoms with Gasteiger partial charge in [-0.2, -0.15) is 0 Å². The summed E-state index contributed by atoms with van der Waals surface area (Å²) in [6.07, 6.45) is 65.1. The Kier molecular flexibility index (Phi) is 49.0. The molecule has 0 aliphatic rings. The van der Waals surface area contributed by atoms with Crippen molar-refractivity contribution in [1.82, 2.24) is 5.32 Å². The van der Waals surface area contributed by atoms with Gasteiger partial charge in [0.2, 0.25) is 5.91 Å². The summed E-state index contributed by atoms with van der Waals surface area (Å²) in [5.74, 6) is -0.328. The molecule has 0 aromatic rings. The van der Waals surface area contributed by atoms with E-state index in [9.17, 15) is 20.1 Å². The average Bonchev–Trinajstić information content (AvgIpc) is 3.24. The quantitative estimate of drug-likeness (QED) is 0.0363. The van der Waals surface area contributed by atoms with Gasteiger partial charge < -0.3 is 20.6 Å². The van der Waals surface area contributed by atoms with Crippen LogP contribution < -0.4 is 5.32 Å². The standard InChI is InChI=1S/C55H105NO4/c1-3-5-7-9-11-13-15-16-17-18-19-20-21-22-23-24-25-26-27-28-29-30-31-32-33-34-35-36-37-38-39-40-42-44-46-48-52(58)50-55(60)56-53(51-57)54(59)49-47-45-43-41-14-12-10-8-6-4-2/h6,8,14,41,47,49,52-54,57-59H,3-5,7,9-13,15-40,42-46,48,50-51H2,1-2H3,(H,56,60)/b8-6+,41-14+,49-47+. The molecule has 0 spiro atoms. The first-order valence-electron chi connectivity index (χ1n) is 26.8. The van der Waals surface area contributed by atoms with Crippen molar-refractivity contribution in [3.63, 3.8) is 0 Å². The molecular formula is C55H105NO4. The van der Waals surface area contributed by atoms with Crippen LogP contribution in [0.1, 0.15) is 284 Å². The third-order valence-corrected chi connectivity index (χ3v) is 12.4. The number of hydrogen-bond acceptors (Lipinski definition) is 4. The summed E-state index contributed by atoms with van der Waals surface area (Å²) in [4.78, 5) is 12.4. The van der Waals surface area contributed by atoms with E-state index in [0.29, 0.717) is 6.42 Å². The van der Waals surface area contributed by atoms with Gasteiger partial charge in [-0.05, 0) is 38.5 Å². The molecule has 3 atom stereocenters. The van der Waals surface area contributed by atoms with Gasteiger partial charge in [0.1, 0.15) is 0 Å². The van der Waals surface area contributed by atoms with E-state index in [1.165, 1.54) is 212 Å². The minimum absolute atomic E-state index is 0.00480. The van der Waals surface area contributed by atoms with E-state index in [-0.39, 0.29) is 18.9 Å². The first-order valence-corrected chi connectivity index (χ1v) is 26.8. The molecule has 0 saturated carbocycles. The molecule has 0 heterocycles. The summed E-state index contributed by atoms with van der Waals surface area (Å²) >= 11 is 0. The molecule has 0 saturated heterocycles. The molecule has 0 aliphatic heterocycles. The van der Waals surface area contributed by atoms with Crippen molar-refractivity contribution < 1.29 is 20.1 Å². The zero-order valence-electron chi connectivity index (χ0n) is 40.4. The Labute approximate surface area is 374 Å². The highest BCUT2D eigenvalue weighted by Gasteiger charge is 2.20. The number of nitrogens with one attached hydrogen (secondary N) is 1. The predicted octanol–water partition coefficient (Wildman–Crippen LogP) is 16.3. The zero-order valence-corrected chi connectivity index (χ0v) is 40.4. The monoisotopic (exact) mass is 844 g/mol. The highest BCUT2D eigenvalue weighted by molar-refractivity contribution is 5.76. The Morgan fingerprint density at radius 1 is 0.433 bits per heavy atom. The lowest BCUT2D eigenvalue weighted by Gasteiger charge is -2.21. The van der Waals surface area contributed by atoms with Crippen molar-refractivity contribution in [3.05, 3.63) is 36.5 Å². The number of aliphatic hydroxyl groups is 3. The Morgan fingerprint density at radius 3 is 1.05 bits per heavy atom. The molecule has 0 radical (unpaired) electrons. The smallest absolute Gasteiger partial charge is 0.222 e. The van der Waals surface area contributed by atoms with Crippen LogP contribution in [0.15, 0.2) is 36.5 Å². The van der Waals surface area contributed by atoms with Gasteiger partial charge in [0.05, 0.1) is 31.3 Å². The molecule has 0 aliphatic carbocycles. The van der Waals surface area contributed by atoms with Gasteiger partial charge in [-0.15, -0.1) is 0 Å². The normalized spacial score (nSPS) is 13.6. The largest absolute Gasteiger partial charge is 0.394 e. The first kappa shape index (κ1) is 58.6. The summed E-state index contributed by atoms with van der Waals surface area (Å²) in [7, 11) is 0. The number of hydrogen-bond donors (Lipinski definition) is 4. The zero-order chi connectivity index (χ0) is 43.7. The number of aliphatic hydroxyl groups excluding tert-OH is 3. The lowest BCUT2D eigenvalue weighted by Crippen LogP contribution is -2.45. The second-order valence-electron chi connectivity index (χ2n) is 18.4. The topological polar surface area (TPSA) is 89.8 Å². The van der Waals surface area contributed by atoms with Crippen LogP contribution >= 0.6 is 0 Å². The van der Waals surface area contributed by atoms with Crippen molar-refractivity contribution in [2.75, 3.05) is 6.61 Å². The lowest BCUT2D eigenvalue weighted by atomic mass is 10.0.